The maximum Gasteiger partial charge on any atom is 0.196 e. The second-order valence-corrected chi connectivity index (χ2v) is 7.17. The first-order chi connectivity index (χ1) is 14.5. The molecule has 0 aliphatic carbocycles. The van der Waals surface area contributed by atoms with E-state index in [0.717, 1.165) is 0 Å². The number of halogens is 3. The Bertz CT molecular complexity index is 1440. The Morgan fingerprint density at radius 1 is 1.10 bits per heavy atom. The fourth-order valence-corrected chi connectivity index (χ4v) is 3.70. The number of benzene rings is 2. The number of aromatic amines is 1. The van der Waals surface area contributed by atoms with Gasteiger partial charge in [0.1, 0.15) is 28.7 Å². The average Bonchev–Trinajstić information content (AvgIpc) is 3.35. The van der Waals surface area contributed by atoms with E-state index < -0.39 is 5.82 Å². The molecule has 0 radical (unpaired) electrons. The fraction of sp³-hybridized carbons (Fsp3) is 0. The highest BCUT2D eigenvalue weighted by Gasteiger charge is 2.20. The van der Waals surface area contributed by atoms with Crippen LogP contribution in [0.5, 0.6) is 11.5 Å². The Labute approximate surface area is 178 Å². The number of ether oxygens (including phenoxy) is 1. The van der Waals surface area contributed by atoms with Gasteiger partial charge in [-0.1, -0.05) is 23.2 Å². The number of rotatable bonds is 4. The molecule has 0 unspecified atom stereocenters. The molecular formula is C21H10Cl2FN3O3. The summed E-state index contributed by atoms with van der Waals surface area (Å²) in [7, 11) is 0. The molecule has 0 saturated carbocycles. The van der Waals surface area contributed by atoms with Crippen molar-refractivity contribution in [3.8, 4) is 11.5 Å². The predicted molar refractivity (Wildman–Crippen MR) is 110 cm³/mol. The molecule has 0 saturated heterocycles. The Morgan fingerprint density at radius 2 is 1.97 bits per heavy atom. The zero-order valence-electron chi connectivity index (χ0n) is 14.9. The van der Waals surface area contributed by atoms with Gasteiger partial charge in [-0.25, -0.2) is 14.4 Å². The van der Waals surface area contributed by atoms with Gasteiger partial charge in [0, 0.05) is 29.3 Å². The van der Waals surface area contributed by atoms with Crippen LogP contribution in [0.1, 0.15) is 15.9 Å². The van der Waals surface area contributed by atoms with Crippen LogP contribution in [0.3, 0.4) is 0 Å². The number of nitrogens with one attached hydrogen (secondary N) is 1. The van der Waals surface area contributed by atoms with Gasteiger partial charge in [-0.2, -0.15) is 0 Å². The largest absolute Gasteiger partial charge is 0.460 e. The molecule has 3 aromatic heterocycles. The van der Waals surface area contributed by atoms with Crippen molar-refractivity contribution in [3.63, 3.8) is 0 Å². The van der Waals surface area contributed by atoms with Gasteiger partial charge in [-0.3, -0.25) is 4.79 Å². The van der Waals surface area contributed by atoms with Gasteiger partial charge in [-0.05, 0) is 24.3 Å². The van der Waals surface area contributed by atoms with Gasteiger partial charge in [0.15, 0.2) is 17.1 Å². The van der Waals surface area contributed by atoms with Crippen LogP contribution >= 0.6 is 23.2 Å². The monoisotopic (exact) mass is 441 g/mol. The van der Waals surface area contributed by atoms with Crippen LogP contribution in [-0.4, -0.2) is 20.7 Å². The van der Waals surface area contributed by atoms with Crippen molar-refractivity contribution in [1.29, 1.82) is 0 Å². The zero-order valence-corrected chi connectivity index (χ0v) is 16.5. The van der Waals surface area contributed by atoms with Crippen molar-refractivity contribution in [3.05, 3.63) is 82.3 Å². The van der Waals surface area contributed by atoms with Gasteiger partial charge in [0.05, 0.1) is 22.2 Å². The van der Waals surface area contributed by atoms with E-state index in [4.69, 9.17) is 32.4 Å². The zero-order chi connectivity index (χ0) is 20.8. The Balaban J connectivity index is 1.50. The number of carbonyl (C=O) groups excluding carboxylic acids is 1. The summed E-state index contributed by atoms with van der Waals surface area (Å²) in [6.07, 6.45) is 4.26. The molecule has 0 fully saturated rings. The molecule has 0 spiro atoms. The molecule has 9 heteroatoms. The van der Waals surface area contributed by atoms with Gasteiger partial charge in [-0.15, -0.1) is 0 Å². The first-order valence-electron chi connectivity index (χ1n) is 8.67. The van der Waals surface area contributed by atoms with E-state index in [1.807, 2.05) is 0 Å². The summed E-state index contributed by atoms with van der Waals surface area (Å²) < 4.78 is 24.9. The second-order valence-electron chi connectivity index (χ2n) is 6.41. The van der Waals surface area contributed by atoms with Gasteiger partial charge in [0.2, 0.25) is 0 Å². The SMILES string of the molecule is O=C(c1ccc(Oc2cc(F)cc3ccoc23)cc1Cl)c1c[nH]c2ncnc(Cl)c12. The molecule has 0 amide bonds. The van der Waals surface area contributed by atoms with E-state index in [1.165, 1.54) is 43.1 Å². The number of fused-ring (bicyclic) bond motifs is 2. The van der Waals surface area contributed by atoms with Crippen molar-refractivity contribution in [1.82, 2.24) is 15.0 Å². The Kier molecular flexibility index (Phi) is 4.42. The van der Waals surface area contributed by atoms with Crippen LogP contribution in [0, 0.1) is 5.82 Å². The van der Waals surface area contributed by atoms with Gasteiger partial charge >= 0.3 is 0 Å². The third-order valence-corrected chi connectivity index (χ3v) is 5.16. The maximum absolute atomic E-state index is 13.8. The summed E-state index contributed by atoms with van der Waals surface area (Å²) in [5.74, 6) is -0.297. The van der Waals surface area contributed by atoms with Crippen molar-refractivity contribution in [2.45, 2.75) is 0 Å². The molecule has 2 aromatic carbocycles. The predicted octanol–water partition coefficient (Wildman–Crippen LogP) is 6.17. The minimum Gasteiger partial charge on any atom is -0.460 e. The molecule has 0 bridgehead atoms. The van der Waals surface area contributed by atoms with Crippen LogP contribution in [0.4, 0.5) is 4.39 Å². The van der Waals surface area contributed by atoms with Crippen LogP contribution in [0.15, 0.2) is 59.6 Å². The van der Waals surface area contributed by atoms with E-state index in [9.17, 15) is 9.18 Å². The molecule has 0 aliphatic rings. The number of nitrogens with zero attached hydrogens (tertiary/aromatic N) is 2. The summed E-state index contributed by atoms with van der Waals surface area (Å²) >= 11 is 12.5. The number of aromatic nitrogens is 3. The topological polar surface area (TPSA) is 81.0 Å². The van der Waals surface area contributed by atoms with Crippen molar-refractivity contribution < 1.29 is 18.3 Å². The second kappa shape index (κ2) is 7.12. The summed E-state index contributed by atoms with van der Waals surface area (Å²) in [6.45, 7) is 0. The number of hydrogen-bond donors (Lipinski definition) is 1. The lowest BCUT2D eigenvalue weighted by molar-refractivity contribution is 0.104. The van der Waals surface area contributed by atoms with Crippen LogP contribution in [0.25, 0.3) is 22.0 Å². The highest BCUT2D eigenvalue weighted by atomic mass is 35.5. The van der Waals surface area contributed by atoms with Crippen LogP contribution in [-0.2, 0) is 0 Å². The Hall–Kier alpha value is -3.42. The van der Waals surface area contributed by atoms with E-state index in [0.29, 0.717) is 33.3 Å². The highest BCUT2D eigenvalue weighted by Crippen LogP contribution is 2.34. The smallest absolute Gasteiger partial charge is 0.196 e. The van der Waals surface area contributed by atoms with Crippen LogP contribution in [0.2, 0.25) is 10.2 Å². The van der Waals surface area contributed by atoms with E-state index in [-0.39, 0.29) is 27.3 Å². The summed E-state index contributed by atoms with van der Waals surface area (Å²) in [5.41, 5.74) is 1.39. The molecular weight excluding hydrogens is 432 g/mol. The van der Waals surface area contributed by atoms with Crippen LogP contribution < -0.4 is 4.74 Å². The molecule has 3 heterocycles. The molecule has 6 nitrogen and oxygen atoms in total. The average molecular weight is 442 g/mol. The van der Waals surface area contributed by atoms with Gasteiger partial charge in [0.25, 0.3) is 0 Å². The van der Waals surface area contributed by atoms with E-state index in [1.54, 1.807) is 12.1 Å². The molecule has 5 aromatic rings. The third-order valence-electron chi connectivity index (χ3n) is 4.56. The summed E-state index contributed by atoms with van der Waals surface area (Å²) in [5, 5.41) is 1.31. The summed E-state index contributed by atoms with van der Waals surface area (Å²) in [4.78, 5) is 23.9. The number of carbonyl (C=O) groups is 1. The summed E-state index contributed by atoms with van der Waals surface area (Å²) in [6, 6.07) is 8.75. The molecule has 148 valence electrons. The molecule has 30 heavy (non-hydrogen) atoms. The number of H-pyrrole nitrogens is 1. The molecule has 0 aliphatic heterocycles. The standard InChI is InChI=1S/C21H10Cl2FN3O3/c22-15-7-12(30-16-6-11(24)5-10-3-4-29-19(10)16)1-2-13(15)18(28)14-8-25-21-17(14)20(23)26-9-27-21/h1-9H,(H,25,26,27). The normalized spacial score (nSPS) is 11.3. The number of ketones is 1. The van der Waals surface area contributed by atoms with Crippen molar-refractivity contribution in [2.75, 3.05) is 0 Å². The van der Waals surface area contributed by atoms with Crippen molar-refractivity contribution in [2.24, 2.45) is 0 Å². The lowest BCUT2D eigenvalue weighted by atomic mass is 10.0. The third kappa shape index (κ3) is 3.08. The fourth-order valence-electron chi connectivity index (χ4n) is 3.21. The molecule has 0 atom stereocenters. The molecule has 1 N–H and O–H groups in total. The van der Waals surface area contributed by atoms with E-state index >= 15 is 0 Å². The number of furan rings is 1. The molecule has 5 rings (SSSR count). The minimum absolute atomic E-state index is 0.159. The van der Waals surface area contributed by atoms with Crippen molar-refractivity contribution >= 4 is 51.0 Å². The lowest BCUT2D eigenvalue weighted by Crippen LogP contribution is -2.02. The first kappa shape index (κ1) is 18.6. The maximum atomic E-state index is 13.8. The lowest BCUT2D eigenvalue weighted by Gasteiger charge is -2.09. The van der Waals surface area contributed by atoms with E-state index in [2.05, 4.69) is 15.0 Å². The minimum atomic E-state index is -0.463. The quantitative estimate of drug-likeness (QED) is 0.266. The first-order valence-corrected chi connectivity index (χ1v) is 9.43. The number of hydrogen-bond acceptors (Lipinski definition) is 5. The highest BCUT2D eigenvalue weighted by molar-refractivity contribution is 6.38. The Morgan fingerprint density at radius 3 is 2.80 bits per heavy atom. The van der Waals surface area contributed by atoms with Gasteiger partial charge < -0.3 is 14.1 Å².